The van der Waals surface area contributed by atoms with Crippen molar-refractivity contribution in [1.29, 1.82) is 0 Å². The van der Waals surface area contributed by atoms with Crippen molar-refractivity contribution in [1.82, 2.24) is 30.0 Å². The number of ether oxygens (including phenoxy) is 1. The lowest BCUT2D eigenvalue weighted by Gasteiger charge is -2.23. The van der Waals surface area contributed by atoms with Crippen molar-refractivity contribution in [2.75, 3.05) is 25.9 Å². The number of piperidine rings is 1. The van der Waals surface area contributed by atoms with Gasteiger partial charge in [0.25, 0.3) is 0 Å². The number of halogens is 1. The summed E-state index contributed by atoms with van der Waals surface area (Å²) < 4.78 is 7.09. The second kappa shape index (κ2) is 7.20. The molecule has 1 aliphatic heterocycles. The lowest BCUT2D eigenvalue weighted by Crippen LogP contribution is -2.32. The van der Waals surface area contributed by atoms with E-state index in [0.29, 0.717) is 11.7 Å². The smallest absolute Gasteiger partial charge is 0.212 e. The zero-order valence-electron chi connectivity index (χ0n) is 13.8. The van der Waals surface area contributed by atoms with E-state index in [-0.39, 0.29) is 18.4 Å². The van der Waals surface area contributed by atoms with Gasteiger partial charge in [0.1, 0.15) is 17.8 Å². The lowest BCUT2D eigenvalue weighted by atomic mass is 10.1. The molecular formula is C16H20ClN7O. The van der Waals surface area contributed by atoms with Gasteiger partial charge < -0.3 is 15.8 Å². The van der Waals surface area contributed by atoms with E-state index in [4.69, 9.17) is 15.6 Å². The predicted molar refractivity (Wildman–Crippen MR) is 97.9 cm³/mol. The van der Waals surface area contributed by atoms with Gasteiger partial charge in [-0.05, 0) is 25.5 Å². The minimum absolute atomic E-state index is 0. The Morgan fingerprint density at radius 3 is 2.84 bits per heavy atom. The molecule has 0 radical (unpaired) electrons. The van der Waals surface area contributed by atoms with E-state index < -0.39 is 0 Å². The lowest BCUT2D eigenvalue weighted by molar-refractivity contribution is 0.354. The van der Waals surface area contributed by atoms with Gasteiger partial charge >= 0.3 is 0 Å². The van der Waals surface area contributed by atoms with Crippen LogP contribution >= 0.6 is 12.4 Å². The third-order valence-electron chi connectivity index (χ3n) is 4.35. The quantitative estimate of drug-likeness (QED) is 0.733. The first kappa shape index (κ1) is 17.4. The average Bonchev–Trinajstić information content (AvgIpc) is 3.04. The van der Waals surface area contributed by atoms with Crippen LogP contribution in [-0.2, 0) is 0 Å². The minimum Gasteiger partial charge on any atom is -0.481 e. The molecule has 1 fully saturated rings. The molecule has 0 saturated carbocycles. The van der Waals surface area contributed by atoms with Crippen molar-refractivity contribution in [3.8, 4) is 17.1 Å². The van der Waals surface area contributed by atoms with Crippen LogP contribution in [0.25, 0.3) is 22.3 Å². The zero-order valence-corrected chi connectivity index (χ0v) is 14.7. The van der Waals surface area contributed by atoms with Gasteiger partial charge in [0.15, 0.2) is 5.65 Å². The van der Waals surface area contributed by atoms with E-state index >= 15 is 0 Å². The molecule has 8 nitrogen and oxygen atoms in total. The summed E-state index contributed by atoms with van der Waals surface area (Å²) in [5.74, 6) is 0.990. The van der Waals surface area contributed by atoms with Gasteiger partial charge in [-0.25, -0.2) is 19.6 Å². The Morgan fingerprint density at radius 1 is 1.28 bits per heavy atom. The van der Waals surface area contributed by atoms with Gasteiger partial charge in [0, 0.05) is 24.4 Å². The fraction of sp³-hybridized carbons (Fsp3) is 0.375. The third kappa shape index (κ3) is 3.10. The van der Waals surface area contributed by atoms with Crippen LogP contribution in [0, 0.1) is 0 Å². The fourth-order valence-corrected chi connectivity index (χ4v) is 3.14. The van der Waals surface area contributed by atoms with Crippen molar-refractivity contribution in [2.24, 2.45) is 0 Å². The van der Waals surface area contributed by atoms with Gasteiger partial charge in [-0.2, -0.15) is 5.10 Å². The van der Waals surface area contributed by atoms with Crippen LogP contribution in [0.3, 0.4) is 0 Å². The molecule has 1 saturated heterocycles. The first-order valence-electron chi connectivity index (χ1n) is 7.97. The molecule has 0 amide bonds. The standard InChI is InChI=1S/C16H19N7O.ClH/c1-24-12-5-4-10(7-19-12)14-13-15(17)20-9-21-16(13)23(22-14)11-3-2-6-18-8-11;/h4-5,7,9,11,18H,2-3,6,8H2,1H3,(H2,17,20,21);1H/t11-;/m1./s1. The molecule has 3 aromatic rings. The largest absolute Gasteiger partial charge is 0.481 e. The van der Waals surface area contributed by atoms with Crippen LogP contribution in [0.2, 0.25) is 0 Å². The summed E-state index contributed by atoms with van der Waals surface area (Å²) in [6.45, 7) is 1.92. The third-order valence-corrected chi connectivity index (χ3v) is 4.35. The number of nitrogens with zero attached hydrogens (tertiary/aromatic N) is 5. The van der Waals surface area contributed by atoms with Crippen LogP contribution in [0.5, 0.6) is 5.88 Å². The van der Waals surface area contributed by atoms with Crippen molar-refractivity contribution >= 4 is 29.3 Å². The molecule has 0 unspecified atom stereocenters. The average molecular weight is 362 g/mol. The maximum Gasteiger partial charge on any atom is 0.212 e. The van der Waals surface area contributed by atoms with E-state index in [0.717, 1.165) is 48.2 Å². The summed E-state index contributed by atoms with van der Waals surface area (Å²) in [6.07, 6.45) is 5.40. The van der Waals surface area contributed by atoms with E-state index in [2.05, 4.69) is 20.3 Å². The first-order chi connectivity index (χ1) is 11.8. The number of methoxy groups -OCH3 is 1. The van der Waals surface area contributed by atoms with Crippen molar-refractivity contribution in [2.45, 2.75) is 18.9 Å². The molecule has 0 aromatic carbocycles. The van der Waals surface area contributed by atoms with E-state index in [1.54, 1.807) is 13.3 Å². The molecule has 9 heteroatoms. The Kier molecular flexibility index (Phi) is 5.00. The Hall–Kier alpha value is -2.45. The van der Waals surface area contributed by atoms with Gasteiger partial charge in [0.05, 0.1) is 18.5 Å². The SMILES string of the molecule is COc1ccc(-c2nn([C@@H]3CCCNC3)c3ncnc(N)c23)cn1.Cl. The van der Waals surface area contributed by atoms with Gasteiger partial charge in [0.2, 0.25) is 5.88 Å². The van der Waals surface area contributed by atoms with Crippen LogP contribution in [0.1, 0.15) is 18.9 Å². The number of pyridine rings is 1. The highest BCUT2D eigenvalue weighted by molar-refractivity contribution is 5.98. The van der Waals surface area contributed by atoms with Crippen LogP contribution in [0.15, 0.2) is 24.7 Å². The van der Waals surface area contributed by atoms with Gasteiger partial charge in [-0.15, -0.1) is 12.4 Å². The van der Waals surface area contributed by atoms with Crippen LogP contribution < -0.4 is 15.8 Å². The molecule has 3 aromatic heterocycles. The summed E-state index contributed by atoms with van der Waals surface area (Å²) in [4.78, 5) is 12.8. The summed E-state index contributed by atoms with van der Waals surface area (Å²) in [5.41, 5.74) is 8.51. The molecule has 25 heavy (non-hydrogen) atoms. The number of hydrogen-bond acceptors (Lipinski definition) is 7. The number of rotatable bonds is 3. The summed E-state index contributed by atoms with van der Waals surface area (Å²) >= 11 is 0. The van der Waals surface area contributed by atoms with Crippen LogP contribution in [-0.4, -0.2) is 44.9 Å². The number of nitrogens with one attached hydrogen (secondary N) is 1. The number of fused-ring (bicyclic) bond motifs is 1. The molecule has 0 aliphatic carbocycles. The van der Waals surface area contributed by atoms with Crippen molar-refractivity contribution < 1.29 is 4.74 Å². The Balaban J connectivity index is 0.00000182. The number of aromatic nitrogens is 5. The number of anilines is 1. The van der Waals surface area contributed by atoms with E-state index in [1.165, 1.54) is 6.33 Å². The van der Waals surface area contributed by atoms with Gasteiger partial charge in [-0.1, -0.05) is 0 Å². The second-order valence-corrected chi connectivity index (χ2v) is 5.84. The van der Waals surface area contributed by atoms with Crippen LogP contribution in [0.4, 0.5) is 5.82 Å². The summed E-state index contributed by atoms with van der Waals surface area (Å²) in [6, 6.07) is 3.99. The molecule has 1 atom stereocenters. The summed E-state index contributed by atoms with van der Waals surface area (Å²) in [5, 5.41) is 9.00. The Bertz CT molecular complexity index is 859. The highest BCUT2D eigenvalue weighted by Gasteiger charge is 2.23. The highest BCUT2D eigenvalue weighted by atomic mass is 35.5. The molecule has 3 N–H and O–H groups in total. The molecule has 4 heterocycles. The summed E-state index contributed by atoms with van der Waals surface area (Å²) in [7, 11) is 1.59. The molecule has 0 spiro atoms. The highest BCUT2D eigenvalue weighted by Crippen LogP contribution is 2.32. The minimum atomic E-state index is 0. The van der Waals surface area contributed by atoms with E-state index in [1.807, 2.05) is 16.8 Å². The van der Waals surface area contributed by atoms with E-state index in [9.17, 15) is 0 Å². The topological polar surface area (TPSA) is 104 Å². The maximum absolute atomic E-state index is 6.13. The normalized spacial score (nSPS) is 17.2. The Labute approximate surface area is 151 Å². The van der Waals surface area contributed by atoms with Crippen molar-refractivity contribution in [3.05, 3.63) is 24.7 Å². The molecule has 132 valence electrons. The fourth-order valence-electron chi connectivity index (χ4n) is 3.14. The number of hydrogen-bond donors (Lipinski definition) is 2. The molecule has 0 bridgehead atoms. The first-order valence-corrected chi connectivity index (χ1v) is 7.97. The van der Waals surface area contributed by atoms with Crippen molar-refractivity contribution in [3.63, 3.8) is 0 Å². The molecule has 1 aliphatic rings. The predicted octanol–water partition coefficient (Wildman–Crippen LogP) is 1.83. The monoisotopic (exact) mass is 361 g/mol. The van der Waals surface area contributed by atoms with Gasteiger partial charge in [-0.3, -0.25) is 0 Å². The molecule has 4 rings (SSSR count). The Morgan fingerprint density at radius 2 is 2.16 bits per heavy atom. The molecular weight excluding hydrogens is 342 g/mol. The second-order valence-electron chi connectivity index (χ2n) is 5.84. The number of nitrogens with two attached hydrogens (primary N) is 1. The number of nitrogen functional groups attached to an aromatic ring is 1. The zero-order chi connectivity index (χ0) is 16.5. The maximum atomic E-state index is 6.13.